The Morgan fingerprint density at radius 1 is 1.22 bits per heavy atom. The number of carbonyl (C=O) groups excluding carboxylic acids is 1. The maximum absolute atomic E-state index is 12.3. The summed E-state index contributed by atoms with van der Waals surface area (Å²) >= 11 is 13.2. The van der Waals surface area contributed by atoms with Gasteiger partial charge in [0.1, 0.15) is 4.88 Å². The summed E-state index contributed by atoms with van der Waals surface area (Å²) in [5, 5.41) is 6.84. The van der Waals surface area contributed by atoms with Crippen LogP contribution < -0.4 is 5.43 Å². The van der Waals surface area contributed by atoms with Crippen LogP contribution in [-0.2, 0) is 0 Å². The van der Waals surface area contributed by atoms with Crippen LogP contribution in [0.3, 0.4) is 0 Å². The second-order valence-electron chi connectivity index (χ2n) is 4.59. The summed E-state index contributed by atoms with van der Waals surface area (Å²) in [6, 6.07) is 10.8. The Balaban J connectivity index is 1.73. The van der Waals surface area contributed by atoms with Crippen molar-refractivity contribution >= 4 is 46.7 Å². The van der Waals surface area contributed by atoms with Gasteiger partial charge in [0.2, 0.25) is 0 Å². The molecule has 1 amide bonds. The van der Waals surface area contributed by atoms with E-state index in [0.29, 0.717) is 20.5 Å². The van der Waals surface area contributed by atoms with Crippen molar-refractivity contribution in [3.05, 3.63) is 74.7 Å². The molecule has 1 N–H and O–H groups in total. The summed E-state index contributed by atoms with van der Waals surface area (Å²) in [5.74, 6) is -0.273. The molecule has 0 atom stereocenters. The van der Waals surface area contributed by atoms with Gasteiger partial charge in [0.15, 0.2) is 0 Å². The van der Waals surface area contributed by atoms with E-state index >= 15 is 0 Å². The molecule has 0 saturated heterocycles. The van der Waals surface area contributed by atoms with Crippen molar-refractivity contribution < 1.29 is 4.79 Å². The zero-order valence-corrected chi connectivity index (χ0v) is 14.1. The lowest BCUT2D eigenvalue weighted by Crippen LogP contribution is -2.18. The fraction of sp³-hybridized carbons (Fsp3) is 0. The van der Waals surface area contributed by atoms with E-state index < -0.39 is 0 Å². The fourth-order valence-corrected chi connectivity index (χ4v) is 3.23. The molecular weight excluding hydrogens is 353 g/mol. The SMILES string of the molecule is O=C(N/N=C/c1ccc(Cl)cc1Cl)c1sccc1-n1cccc1. The molecule has 0 radical (unpaired) electrons. The number of nitrogens with one attached hydrogen (secondary N) is 1. The third-order valence-corrected chi connectivity index (χ3v) is 4.53. The molecule has 2 heterocycles. The minimum absolute atomic E-state index is 0.273. The van der Waals surface area contributed by atoms with Gasteiger partial charge in [-0.15, -0.1) is 11.3 Å². The predicted octanol–water partition coefficient (Wildman–Crippen LogP) is 4.61. The lowest BCUT2D eigenvalue weighted by molar-refractivity contribution is 0.0959. The van der Waals surface area contributed by atoms with Crippen LogP contribution >= 0.6 is 34.5 Å². The molecule has 0 aliphatic carbocycles. The van der Waals surface area contributed by atoms with Crippen LogP contribution in [0, 0.1) is 0 Å². The number of nitrogens with zero attached hydrogens (tertiary/aromatic N) is 2. The first-order valence-corrected chi connectivity index (χ1v) is 8.28. The molecule has 2 aromatic heterocycles. The lowest BCUT2D eigenvalue weighted by atomic mass is 10.2. The number of carbonyl (C=O) groups is 1. The lowest BCUT2D eigenvalue weighted by Gasteiger charge is -2.04. The van der Waals surface area contributed by atoms with Gasteiger partial charge in [0, 0.05) is 23.0 Å². The van der Waals surface area contributed by atoms with Crippen LogP contribution in [0.1, 0.15) is 15.2 Å². The number of hydrogen-bond acceptors (Lipinski definition) is 3. The first-order valence-electron chi connectivity index (χ1n) is 6.64. The third kappa shape index (κ3) is 3.64. The van der Waals surface area contributed by atoms with Crippen molar-refractivity contribution in [1.82, 2.24) is 9.99 Å². The summed E-state index contributed by atoms with van der Waals surface area (Å²) in [5.41, 5.74) is 4.00. The van der Waals surface area contributed by atoms with Gasteiger partial charge in [-0.1, -0.05) is 29.3 Å². The van der Waals surface area contributed by atoms with Gasteiger partial charge >= 0.3 is 0 Å². The average molecular weight is 364 g/mol. The van der Waals surface area contributed by atoms with Crippen LogP contribution in [0.2, 0.25) is 10.0 Å². The Kier molecular flexibility index (Phi) is 4.81. The van der Waals surface area contributed by atoms with Gasteiger partial charge in [-0.25, -0.2) is 5.43 Å². The van der Waals surface area contributed by atoms with Crippen molar-refractivity contribution in [2.24, 2.45) is 5.10 Å². The molecule has 0 bridgehead atoms. The zero-order chi connectivity index (χ0) is 16.2. The van der Waals surface area contributed by atoms with Crippen LogP contribution in [0.4, 0.5) is 0 Å². The molecule has 0 unspecified atom stereocenters. The number of rotatable bonds is 4. The minimum atomic E-state index is -0.273. The number of hydrazone groups is 1. The van der Waals surface area contributed by atoms with Crippen molar-refractivity contribution in [2.75, 3.05) is 0 Å². The van der Waals surface area contributed by atoms with Crippen molar-refractivity contribution in [2.45, 2.75) is 0 Å². The molecule has 7 heteroatoms. The number of hydrogen-bond donors (Lipinski definition) is 1. The topological polar surface area (TPSA) is 46.4 Å². The molecule has 3 rings (SSSR count). The highest BCUT2D eigenvalue weighted by Gasteiger charge is 2.13. The second-order valence-corrected chi connectivity index (χ2v) is 6.35. The van der Waals surface area contributed by atoms with Gasteiger partial charge in [-0.2, -0.15) is 5.10 Å². The third-order valence-electron chi connectivity index (χ3n) is 3.07. The van der Waals surface area contributed by atoms with Gasteiger partial charge in [-0.3, -0.25) is 4.79 Å². The van der Waals surface area contributed by atoms with Gasteiger partial charge in [0.05, 0.1) is 16.9 Å². The smallest absolute Gasteiger partial charge is 0.283 e. The van der Waals surface area contributed by atoms with Crippen molar-refractivity contribution in [3.8, 4) is 5.69 Å². The van der Waals surface area contributed by atoms with Gasteiger partial charge in [-0.05, 0) is 35.7 Å². The Bertz CT molecular complexity index is 856. The summed E-state index contributed by atoms with van der Waals surface area (Å²) in [7, 11) is 0. The normalized spacial score (nSPS) is 11.0. The molecule has 3 aromatic rings. The molecule has 0 aliphatic heterocycles. The monoisotopic (exact) mass is 363 g/mol. The Hall–Kier alpha value is -2.08. The van der Waals surface area contributed by atoms with Crippen LogP contribution in [0.5, 0.6) is 0 Å². The number of thiophene rings is 1. The first kappa shape index (κ1) is 15.8. The van der Waals surface area contributed by atoms with E-state index in [4.69, 9.17) is 23.2 Å². The summed E-state index contributed by atoms with van der Waals surface area (Å²) < 4.78 is 1.88. The fourth-order valence-electron chi connectivity index (χ4n) is 1.99. The van der Waals surface area contributed by atoms with E-state index in [-0.39, 0.29) is 5.91 Å². The van der Waals surface area contributed by atoms with E-state index in [9.17, 15) is 4.79 Å². The van der Waals surface area contributed by atoms with Crippen LogP contribution in [0.25, 0.3) is 5.69 Å². The number of halogens is 2. The standard InChI is InChI=1S/C16H11Cl2N3OS/c17-12-4-3-11(13(18)9-12)10-19-20-16(22)15-14(5-8-23-15)21-6-1-2-7-21/h1-10H,(H,20,22)/b19-10+. The first-order chi connectivity index (χ1) is 11.1. The number of benzene rings is 1. The maximum Gasteiger partial charge on any atom is 0.283 e. The van der Waals surface area contributed by atoms with E-state index in [2.05, 4.69) is 10.5 Å². The second kappa shape index (κ2) is 7.00. The van der Waals surface area contributed by atoms with Gasteiger partial charge in [0.25, 0.3) is 5.91 Å². The molecule has 1 aromatic carbocycles. The highest BCUT2D eigenvalue weighted by atomic mass is 35.5. The van der Waals surface area contributed by atoms with E-state index in [1.807, 2.05) is 40.5 Å². The zero-order valence-electron chi connectivity index (χ0n) is 11.7. The summed E-state index contributed by atoms with van der Waals surface area (Å²) in [6.07, 6.45) is 5.25. The van der Waals surface area contributed by atoms with Crippen molar-refractivity contribution in [1.29, 1.82) is 0 Å². The molecule has 0 saturated carbocycles. The predicted molar refractivity (Wildman–Crippen MR) is 95.2 cm³/mol. The number of amides is 1. The summed E-state index contributed by atoms with van der Waals surface area (Å²) in [6.45, 7) is 0. The highest BCUT2D eigenvalue weighted by Crippen LogP contribution is 2.21. The molecular formula is C16H11Cl2N3OS. The maximum atomic E-state index is 12.3. The van der Waals surface area contributed by atoms with E-state index in [0.717, 1.165) is 5.69 Å². The number of aromatic nitrogens is 1. The van der Waals surface area contributed by atoms with Gasteiger partial charge < -0.3 is 4.57 Å². The average Bonchev–Trinajstić information content (AvgIpc) is 3.19. The minimum Gasteiger partial charge on any atom is -0.322 e. The van der Waals surface area contributed by atoms with E-state index in [1.54, 1.807) is 18.2 Å². The molecule has 0 aliphatic rings. The quantitative estimate of drug-likeness (QED) is 0.533. The van der Waals surface area contributed by atoms with Crippen LogP contribution in [-0.4, -0.2) is 16.7 Å². The van der Waals surface area contributed by atoms with Crippen LogP contribution in [0.15, 0.2) is 59.3 Å². The highest BCUT2D eigenvalue weighted by molar-refractivity contribution is 7.12. The molecule has 4 nitrogen and oxygen atoms in total. The Labute approximate surface area is 147 Å². The Morgan fingerprint density at radius 2 is 2.00 bits per heavy atom. The molecule has 0 spiro atoms. The summed E-state index contributed by atoms with van der Waals surface area (Å²) in [4.78, 5) is 12.9. The van der Waals surface area contributed by atoms with E-state index in [1.165, 1.54) is 17.6 Å². The van der Waals surface area contributed by atoms with Crippen molar-refractivity contribution in [3.63, 3.8) is 0 Å². The molecule has 0 fully saturated rings. The molecule has 23 heavy (non-hydrogen) atoms. The largest absolute Gasteiger partial charge is 0.322 e. The molecule has 116 valence electrons. The Morgan fingerprint density at radius 3 is 2.74 bits per heavy atom.